The first-order chi connectivity index (χ1) is 57.4. The number of carboxylic acids is 5. The maximum absolute atomic E-state index is 15.1. The number of esters is 2. The second-order valence-corrected chi connectivity index (χ2v) is 32.9. The topological polar surface area (TPSA) is 591 Å². The average Bonchev–Trinajstić information content (AvgIpc) is 1.78. The van der Waals surface area contributed by atoms with Crippen LogP contribution in [0.15, 0.2) is 53.9 Å². The average molecular weight is 1760 g/mol. The number of nitrogens with one attached hydrogen (secondary N) is 11. The van der Waals surface area contributed by atoms with Gasteiger partial charge in [0, 0.05) is 80.7 Å². The summed E-state index contributed by atoms with van der Waals surface area (Å²) in [6, 6.07) is 1.16. The summed E-state index contributed by atoms with van der Waals surface area (Å²) in [5, 5.41) is 80.9. The van der Waals surface area contributed by atoms with E-state index in [4.69, 9.17) is 19.3 Å². The molecular weight excluding hydrogens is 1650 g/mol. The number of hydrogen-bond acceptors (Lipinski definition) is 26. The van der Waals surface area contributed by atoms with Gasteiger partial charge in [-0.2, -0.15) is 0 Å². The molecule has 43 heteroatoms. The number of phenols is 1. The number of likely N-dealkylation sites (N-methyl/N-ethyl adjacent to an activating group) is 1. The first-order valence-corrected chi connectivity index (χ1v) is 43.0. The number of thiazole rings is 1. The van der Waals surface area contributed by atoms with Crippen LogP contribution in [0.2, 0.25) is 0 Å². The van der Waals surface area contributed by atoms with Gasteiger partial charge in [0.25, 0.3) is 5.91 Å². The van der Waals surface area contributed by atoms with Crippen LogP contribution in [0, 0.1) is 17.8 Å². The van der Waals surface area contributed by atoms with E-state index in [1.807, 2.05) is 51.9 Å². The highest BCUT2D eigenvalue weighted by Crippen LogP contribution is 2.33. The van der Waals surface area contributed by atoms with E-state index in [1.54, 1.807) is 31.2 Å². The molecule has 0 spiro atoms. The maximum Gasteiger partial charge on any atom is 0.426 e. The Morgan fingerprint density at radius 1 is 0.636 bits per heavy atom. The zero-order valence-corrected chi connectivity index (χ0v) is 71.4. The highest BCUT2D eigenvalue weighted by Gasteiger charge is 2.40. The molecule has 1 fully saturated rings. The van der Waals surface area contributed by atoms with Crippen molar-refractivity contribution < 1.29 is 126 Å². The predicted octanol–water partition coefficient (Wildman–Crippen LogP) is 4.23. The Bertz CT molecular complexity index is 3970. The smallest absolute Gasteiger partial charge is 0.426 e. The molecule has 0 aliphatic carbocycles. The van der Waals surface area contributed by atoms with Gasteiger partial charge in [-0.05, 0) is 112 Å². The number of carbonyl (C=O) groups excluding carboxylic acids is 12. The van der Waals surface area contributed by atoms with E-state index in [2.05, 4.69) is 58.4 Å². The van der Waals surface area contributed by atoms with Crippen molar-refractivity contribution in [3.05, 3.63) is 81.3 Å². The quantitative estimate of drug-likeness (QED) is 0.00939. The summed E-state index contributed by atoms with van der Waals surface area (Å²) in [5.41, 5.74) is 6.07. The Hall–Kier alpha value is -11.1. The molecule has 2 aromatic carbocycles. The molecule has 4 rings (SSSR count). The lowest BCUT2D eigenvalue weighted by Crippen LogP contribution is -2.58. The first-order valence-electron chi connectivity index (χ1n) is 39.7. The van der Waals surface area contributed by atoms with Crippen LogP contribution in [0.5, 0.6) is 5.75 Å². The summed E-state index contributed by atoms with van der Waals surface area (Å²) in [6.07, 6.45) is -0.441. The number of phenolic OH excluding ortho intramolecular Hbond substituents is 1. The number of likely N-dealkylation sites (tertiary alicyclic amines) is 1. The van der Waals surface area contributed by atoms with Crippen LogP contribution in [0.3, 0.4) is 0 Å². The summed E-state index contributed by atoms with van der Waals surface area (Å²) in [4.78, 5) is 226. The van der Waals surface area contributed by atoms with Gasteiger partial charge in [-0.3, -0.25) is 67.9 Å². The molecule has 1 saturated heterocycles. The lowest BCUT2D eigenvalue weighted by atomic mass is 9.92. The van der Waals surface area contributed by atoms with Crippen molar-refractivity contribution in [1.82, 2.24) is 73.5 Å². The van der Waals surface area contributed by atoms with Gasteiger partial charge in [0.1, 0.15) is 53.3 Å². The monoisotopic (exact) mass is 1760 g/mol. The first kappa shape index (κ1) is 102. The van der Waals surface area contributed by atoms with Gasteiger partial charge in [0.05, 0.1) is 25.3 Å². The number of hydrazine groups is 1. The van der Waals surface area contributed by atoms with Gasteiger partial charge in [-0.15, -0.1) is 11.3 Å². The molecule has 17 N–H and O–H groups in total. The van der Waals surface area contributed by atoms with E-state index in [1.165, 1.54) is 63.1 Å². The number of urea groups is 2. The van der Waals surface area contributed by atoms with Gasteiger partial charge in [-0.1, -0.05) is 119 Å². The molecule has 11 atom stereocenters. The number of aliphatic carboxylic acids is 5. The van der Waals surface area contributed by atoms with Crippen molar-refractivity contribution in [2.45, 2.75) is 225 Å². The van der Waals surface area contributed by atoms with Crippen LogP contribution in [0.25, 0.3) is 0 Å². The van der Waals surface area contributed by atoms with E-state index >= 15 is 4.79 Å². The normalized spacial score (nSPS) is 15.1. The minimum atomic E-state index is -1.76. The van der Waals surface area contributed by atoms with Crippen LogP contribution in [0.4, 0.5) is 14.4 Å². The summed E-state index contributed by atoms with van der Waals surface area (Å²) in [7, 11) is 4.31. The SMILES string of the molecule is CCCC(=O)OCN(C(=O)[C@@H](NC(=O)[C@H]1CCCCCN1C)C(C)CC)[C@H](C[C@@H](OC(C)=O)c1nc(C(=O)N[C@@H](Cc2ccc(O)cc2)C[C@H](C)C(=O)NNC(=O)OCCSSCCNC(=O)[C@H](CC(=O)O)NC(=O)[C@H](CC(=O)O)NC(=O)Cc2ccc(CNC(=O)NCCCC[C@H](NC(=O)N[C@@H](CCC(=O)O)C(=O)O)C(=O)O)cc2)cs1)C(C)C. The zero-order valence-electron chi connectivity index (χ0n) is 68.9. The summed E-state index contributed by atoms with van der Waals surface area (Å²) >= 11 is 1.02. The van der Waals surface area contributed by atoms with Crippen molar-refractivity contribution in [3.63, 3.8) is 0 Å². The summed E-state index contributed by atoms with van der Waals surface area (Å²) in [6.45, 7) is 12.2. The van der Waals surface area contributed by atoms with Crippen LogP contribution in [0.1, 0.15) is 189 Å². The standard InChI is InChI=1S/C78H114N14O26S3/c1-9-16-65(102)117-43-92(73(108)66(45(5)10-2)88-71(107)58-18-12-11-15-31-91(58)8)59(44(3)4)40-60(118-47(7)93)72-85-57(42-119-72)70(106)82-51(36-48-23-25-52(94)26-24-48)35-46(6)67(103)89-90-78(115)116-32-34-121-120-33-30-79-68(104)55(38-63(98)99)84-69(105)56(39-64(100)101)83-61(95)37-49-19-21-50(22-20-49)41-81-76(113)80-29-14-13-17-53(74(109)110)86-77(114)87-54(75(111)112)27-28-62(96)97/h19-26,42,44-46,51,53-56,58-60,66,94H,9-18,27-41,43H2,1-8H3,(H,79,104)(H,82,106)(H,83,95)(H,84,105)(H,88,107)(H,89,103)(H,90,115)(H,96,97)(H,98,99)(H,100,101)(H,109,110)(H,111,112)(H2,80,81,113)(H2,86,87,114)/t45?,46-,51+,53-,54-,55-,56-,58+,59+,60+,66-/m0/s1. The van der Waals surface area contributed by atoms with Crippen LogP contribution < -0.4 is 58.7 Å². The second-order valence-electron chi connectivity index (χ2n) is 29.3. The number of nitrogens with zero attached hydrogens (tertiary/aromatic N) is 3. The minimum Gasteiger partial charge on any atom is -0.508 e. The molecule has 1 aliphatic heterocycles. The van der Waals surface area contributed by atoms with Crippen LogP contribution in [-0.2, 0) is 95.9 Å². The molecule has 3 aromatic rings. The third-order valence-corrected chi connectivity index (χ3v) is 22.5. The Morgan fingerprint density at radius 3 is 1.89 bits per heavy atom. The van der Waals surface area contributed by atoms with Crippen molar-refractivity contribution in [2.75, 3.05) is 51.5 Å². The molecule has 0 bridgehead atoms. The lowest BCUT2D eigenvalue weighted by Gasteiger charge is -2.39. The highest BCUT2D eigenvalue weighted by atomic mass is 33.1. The molecule has 121 heavy (non-hydrogen) atoms. The molecule has 1 aromatic heterocycles. The number of aromatic hydroxyl groups is 1. The summed E-state index contributed by atoms with van der Waals surface area (Å²) in [5.74, 6) is -14.7. The Balaban J connectivity index is 1.25. The van der Waals surface area contributed by atoms with Crippen molar-refractivity contribution in [1.29, 1.82) is 0 Å². The Morgan fingerprint density at radius 2 is 1.27 bits per heavy atom. The molecule has 670 valence electrons. The highest BCUT2D eigenvalue weighted by molar-refractivity contribution is 8.76. The number of carboxylic acid groups (broad SMARTS) is 5. The fourth-order valence-corrected chi connectivity index (χ4v) is 15.0. The molecule has 1 aliphatic rings. The van der Waals surface area contributed by atoms with Gasteiger partial charge < -0.3 is 97.6 Å². The third-order valence-electron chi connectivity index (χ3n) is 19.2. The second kappa shape index (κ2) is 54.2. The number of carbonyl (C=O) groups is 17. The number of amides is 12. The number of hydrogen-bond donors (Lipinski definition) is 17. The molecule has 12 amide bonds. The van der Waals surface area contributed by atoms with Crippen molar-refractivity contribution >= 4 is 134 Å². The largest absolute Gasteiger partial charge is 0.508 e. The molecule has 2 heterocycles. The number of rotatable bonds is 53. The third kappa shape index (κ3) is 39.3. The Labute approximate surface area is 711 Å². The van der Waals surface area contributed by atoms with Gasteiger partial charge >= 0.3 is 59.9 Å². The Kier molecular flexibility index (Phi) is 45.9. The van der Waals surface area contributed by atoms with Crippen molar-refractivity contribution in [3.8, 4) is 5.75 Å². The number of ether oxygens (including phenoxy) is 3. The number of unbranched alkanes of at least 4 members (excludes halogenated alkanes) is 1. The summed E-state index contributed by atoms with van der Waals surface area (Å²) < 4.78 is 16.8. The van der Waals surface area contributed by atoms with E-state index < -0.39 is 188 Å². The predicted molar refractivity (Wildman–Crippen MR) is 440 cm³/mol. The van der Waals surface area contributed by atoms with E-state index in [0.717, 1.165) is 37.1 Å². The van der Waals surface area contributed by atoms with Crippen molar-refractivity contribution in [2.24, 2.45) is 17.8 Å². The molecule has 40 nitrogen and oxygen atoms in total. The van der Waals surface area contributed by atoms with Crippen LogP contribution in [-0.4, -0.2) is 247 Å². The van der Waals surface area contributed by atoms with Gasteiger partial charge in [-0.25, -0.2) is 34.4 Å². The molecular formula is C78H114N14O26S3. The molecule has 0 radical (unpaired) electrons. The number of aromatic nitrogens is 1. The number of benzene rings is 2. The maximum atomic E-state index is 15.1. The minimum absolute atomic E-state index is 0.00149. The van der Waals surface area contributed by atoms with Crippen LogP contribution >= 0.6 is 32.9 Å². The van der Waals surface area contributed by atoms with Gasteiger partial charge in [0.2, 0.25) is 35.4 Å². The molecule has 1 unspecified atom stereocenters. The fraction of sp³-hybridized carbons (Fsp3) is 0.590. The van der Waals surface area contributed by atoms with E-state index in [0.29, 0.717) is 36.0 Å². The fourth-order valence-electron chi connectivity index (χ4n) is 12.5. The van der Waals surface area contributed by atoms with E-state index in [9.17, 15) is 102 Å². The zero-order chi connectivity index (χ0) is 89.8. The molecule has 0 saturated carbocycles. The van der Waals surface area contributed by atoms with Gasteiger partial charge in [0.15, 0.2) is 12.8 Å². The lowest BCUT2D eigenvalue weighted by molar-refractivity contribution is -0.160. The van der Waals surface area contributed by atoms with E-state index in [-0.39, 0.29) is 123 Å².